The molecule has 0 atom stereocenters. The van der Waals surface area contributed by atoms with Gasteiger partial charge in [-0.2, -0.15) is 0 Å². The Bertz CT molecular complexity index is 3350. The molecule has 0 fully saturated rings. The molecule has 20 bridgehead atoms. The van der Waals surface area contributed by atoms with Crippen LogP contribution in [-0.4, -0.2) is 0 Å². The smallest absolute Gasteiger partial charge is 0.170 e. The van der Waals surface area contributed by atoms with Crippen LogP contribution >= 0.6 is 0 Å². The largest absolute Gasteiger partial charge is 0.203 e. The molecule has 29 aliphatic rings. The standard InChI is InChI=1S/C60H36F6/c61-55-51-33-34-52(56(55)62)48-27-19-44(20-28-48)40-11-3-36(4-12-40)38-7-15-42(16-8-38)46-23-31-50(32-24-46)54-59(65)57(63)53(58(64)60(54)66)49-29-21-45(22-30-49)41-13-5-37(6-14-41)35-1-9-39(10-2-35)43-17-25-47(51)26-18-43/h1-3,5-11,13-34H,4,12H2. The van der Waals surface area contributed by atoms with Crippen LogP contribution < -0.4 is 0 Å². The van der Waals surface area contributed by atoms with Gasteiger partial charge in [0.25, 0.3) is 0 Å². The molecule has 6 heteroatoms. The van der Waals surface area contributed by atoms with Gasteiger partial charge in [0.1, 0.15) is 0 Å². The molecule has 38 rings (SSSR count). The zero-order chi connectivity index (χ0) is 45.1. The molecular weight excluding hydrogens is 835 g/mol. The van der Waals surface area contributed by atoms with Crippen molar-refractivity contribution < 1.29 is 26.3 Å². The van der Waals surface area contributed by atoms with Crippen LogP contribution in [0.15, 0.2) is 194 Å². The van der Waals surface area contributed by atoms with Crippen molar-refractivity contribution in [3.05, 3.63) is 240 Å². The second kappa shape index (κ2) is 16.5. The van der Waals surface area contributed by atoms with Crippen molar-refractivity contribution in [2.75, 3.05) is 0 Å². The van der Waals surface area contributed by atoms with Crippen LogP contribution in [0.4, 0.5) is 26.3 Å². The number of hydrogen-bond donors (Lipinski definition) is 0. The van der Waals surface area contributed by atoms with E-state index in [9.17, 15) is 0 Å². The number of rotatable bonds is 0. The second-order valence-corrected chi connectivity index (χ2v) is 16.7. The normalized spacial score (nSPS) is 12.8. The highest BCUT2D eigenvalue weighted by Crippen LogP contribution is 2.40. The minimum Gasteiger partial charge on any atom is -0.203 e. The molecule has 0 amide bonds. The number of hydrogen-bond acceptors (Lipinski definition) is 0. The SMILES string of the molecule is Fc1c2ccc(c1F)-c1ccc(cc1)-c1ccc(cc1)-c1ccc(cc1)-c1ccc(cc1)-c1c(F)c(F)c(c(F)c1F)-c1ccc(cc1)-c1ccc(cc1)C1=CC=C(CC1)c1ccc-2cc1. The summed E-state index contributed by atoms with van der Waals surface area (Å²) in [5, 5.41) is 0. The van der Waals surface area contributed by atoms with Crippen LogP contribution in [-0.2, 0) is 0 Å². The first-order valence-electron chi connectivity index (χ1n) is 21.7. The topological polar surface area (TPSA) is 0 Å². The van der Waals surface area contributed by atoms with E-state index in [2.05, 4.69) is 12.2 Å². The Balaban J connectivity index is 0.950. The summed E-state index contributed by atoms with van der Waals surface area (Å²) in [5.41, 5.74) is 11.3. The Morgan fingerprint density at radius 1 is 0.197 bits per heavy atom. The molecule has 0 aliphatic heterocycles. The number of benzene rings is 9. The van der Waals surface area contributed by atoms with Crippen molar-refractivity contribution in [3.63, 3.8) is 0 Å². The van der Waals surface area contributed by atoms with E-state index in [0.29, 0.717) is 11.1 Å². The van der Waals surface area contributed by atoms with Gasteiger partial charge in [-0.15, -0.1) is 0 Å². The Kier molecular flexibility index (Phi) is 10.2. The van der Waals surface area contributed by atoms with Crippen LogP contribution in [0, 0.1) is 34.9 Å². The Hall–Kier alpha value is -7.96. The lowest BCUT2D eigenvalue weighted by Crippen LogP contribution is -2.03. The molecule has 318 valence electrons. The monoisotopic (exact) mass is 870 g/mol. The fourth-order valence-electron chi connectivity index (χ4n) is 9.20. The van der Waals surface area contributed by atoms with E-state index in [1.54, 1.807) is 48.5 Å². The summed E-state index contributed by atoms with van der Waals surface area (Å²) in [7, 11) is 0. The summed E-state index contributed by atoms with van der Waals surface area (Å²) in [6, 6.07) is 54.4. The van der Waals surface area contributed by atoms with Crippen LogP contribution in [0.2, 0.25) is 0 Å². The van der Waals surface area contributed by atoms with E-state index >= 15 is 26.3 Å². The Morgan fingerprint density at radius 3 is 0.621 bits per heavy atom. The van der Waals surface area contributed by atoms with Crippen LogP contribution in [0.5, 0.6) is 0 Å². The van der Waals surface area contributed by atoms with E-state index in [1.165, 1.54) is 24.3 Å². The van der Waals surface area contributed by atoms with Crippen molar-refractivity contribution in [2.24, 2.45) is 0 Å². The zero-order valence-corrected chi connectivity index (χ0v) is 35.2. The first-order valence-corrected chi connectivity index (χ1v) is 21.7. The van der Waals surface area contributed by atoms with E-state index in [0.717, 1.165) is 79.6 Å². The van der Waals surface area contributed by atoms with Gasteiger partial charge in [0.15, 0.2) is 34.9 Å². The van der Waals surface area contributed by atoms with E-state index in [4.69, 9.17) is 0 Å². The number of halogens is 6. The maximum absolute atomic E-state index is 15.8. The molecule has 0 aromatic heterocycles. The molecule has 0 radical (unpaired) electrons. The third-order valence-electron chi connectivity index (χ3n) is 13.0. The molecule has 0 nitrogen and oxygen atoms in total. The van der Waals surface area contributed by atoms with Crippen molar-refractivity contribution >= 4 is 11.1 Å². The van der Waals surface area contributed by atoms with Gasteiger partial charge in [-0.1, -0.05) is 194 Å². The Labute approximate surface area is 378 Å². The third kappa shape index (κ3) is 7.25. The molecular formula is C60H36F6. The summed E-state index contributed by atoms with van der Waals surface area (Å²) >= 11 is 0. The van der Waals surface area contributed by atoms with Gasteiger partial charge in [0.2, 0.25) is 0 Å². The maximum atomic E-state index is 15.8. The molecule has 66 heavy (non-hydrogen) atoms. The average Bonchev–Trinajstić information content (AvgIpc) is 3.37. The summed E-state index contributed by atoms with van der Waals surface area (Å²) < 4.78 is 94.5. The minimum atomic E-state index is -1.47. The van der Waals surface area contributed by atoms with Gasteiger partial charge in [-0.3, -0.25) is 0 Å². The molecule has 9 aromatic carbocycles. The van der Waals surface area contributed by atoms with Crippen molar-refractivity contribution in [2.45, 2.75) is 12.8 Å². The summed E-state index contributed by atoms with van der Waals surface area (Å²) in [4.78, 5) is 0. The van der Waals surface area contributed by atoms with Gasteiger partial charge < -0.3 is 0 Å². The van der Waals surface area contributed by atoms with Crippen molar-refractivity contribution in [3.8, 4) is 89.0 Å². The van der Waals surface area contributed by atoms with Gasteiger partial charge in [-0.05, 0) is 102 Å². The fraction of sp³-hybridized carbons (Fsp3) is 0.0333. The highest BCUT2D eigenvalue weighted by Gasteiger charge is 2.27. The third-order valence-corrected chi connectivity index (χ3v) is 13.0. The molecule has 0 spiro atoms. The van der Waals surface area contributed by atoms with Gasteiger partial charge in [-0.25, -0.2) is 26.3 Å². The first kappa shape index (κ1) is 40.8. The summed E-state index contributed by atoms with van der Waals surface area (Å²) in [6.45, 7) is 0. The molecule has 0 unspecified atom stereocenters. The lowest BCUT2D eigenvalue weighted by atomic mass is 9.88. The van der Waals surface area contributed by atoms with E-state index < -0.39 is 46.0 Å². The highest BCUT2D eigenvalue weighted by atomic mass is 19.2. The maximum Gasteiger partial charge on any atom is 0.170 e. The second-order valence-electron chi connectivity index (χ2n) is 16.7. The van der Waals surface area contributed by atoms with Gasteiger partial charge >= 0.3 is 0 Å². The van der Waals surface area contributed by atoms with E-state index in [1.807, 2.05) is 109 Å². The molecule has 0 N–H and O–H groups in total. The predicted molar refractivity (Wildman–Crippen MR) is 255 cm³/mol. The van der Waals surface area contributed by atoms with Crippen LogP contribution in [0.3, 0.4) is 0 Å². The lowest BCUT2D eigenvalue weighted by Gasteiger charge is -2.16. The molecule has 29 aliphatic carbocycles. The zero-order valence-electron chi connectivity index (χ0n) is 35.2. The molecule has 0 saturated heterocycles. The number of allylic oxidation sites excluding steroid dienone is 4. The fourth-order valence-corrected chi connectivity index (χ4v) is 9.20. The summed E-state index contributed by atoms with van der Waals surface area (Å²) in [5.74, 6) is -7.65. The molecule has 0 heterocycles. The summed E-state index contributed by atoms with van der Waals surface area (Å²) in [6.07, 6.45) is 5.74. The van der Waals surface area contributed by atoms with Crippen molar-refractivity contribution in [1.82, 2.24) is 0 Å². The van der Waals surface area contributed by atoms with Crippen LogP contribution in [0.1, 0.15) is 24.0 Å². The van der Waals surface area contributed by atoms with Gasteiger partial charge in [0, 0.05) is 11.1 Å². The lowest BCUT2D eigenvalue weighted by molar-refractivity contribution is 0.463. The average molecular weight is 871 g/mol. The highest BCUT2D eigenvalue weighted by molar-refractivity contribution is 5.82. The molecule has 9 aromatic rings. The minimum absolute atomic E-state index is 0.00253. The first-order chi connectivity index (χ1) is 32.2. The quantitative estimate of drug-likeness (QED) is 0.105. The van der Waals surface area contributed by atoms with Gasteiger partial charge in [0.05, 0.1) is 11.1 Å². The molecule has 0 saturated carbocycles. The van der Waals surface area contributed by atoms with Crippen LogP contribution in [0.25, 0.3) is 100 Å². The van der Waals surface area contributed by atoms with E-state index in [-0.39, 0.29) is 22.3 Å². The predicted octanol–water partition coefficient (Wildman–Crippen LogP) is 17.4. The Morgan fingerprint density at radius 2 is 0.394 bits per heavy atom. The van der Waals surface area contributed by atoms with Crippen molar-refractivity contribution in [1.29, 1.82) is 0 Å².